The third-order valence-electron chi connectivity index (χ3n) is 4.31. The number of rotatable bonds is 6. The van der Waals surface area contributed by atoms with Gasteiger partial charge in [-0.25, -0.2) is 4.79 Å². The molecule has 0 aliphatic heterocycles. The largest absolute Gasteiger partial charge is 0.468 e. The first-order chi connectivity index (χ1) is 12.2. The number of ether oxygens (including phenoxy) is 2. The zero-order chi connectivity index (χ0) is 19.4. The number of esters is 1. The lowest BCUT2D eigenvalue weighted by molar-refractivity contribution is -0.144. The number of allylic oxidation sites excluding steroid dienone is 1. The first-order valence-electron chi connectivity index (χ1n) is 8.67. The Bertz CT molecular complexity index is 690. The SMILES string of the molecule is C=CCN(/C=C/[C@H]1C[C@@]1(C(=O)OC)c1ccccc1)C(=O)OC(C)(C)C. The maximum atomic E-state index is 12.4. The molecule has 1 aromatic rings. The smallest absolute Gasteiger partial charge is 0.414 e. The van der Waals surface area contributed by atoms with Crippen LogP contribution in [0.4, 0.5) is 4.79 Å². The molecule has 0 unspecified atom stereocenters. The maximum Gasteiger partial charge on any atom is 0.414 e. The van der Waals surface area contributed by atoms with E-state index in [1.165, 1.54) is 12.0 Å². The second-order valence-corrected chi connectivity index (χ2v) is 7.40. The Morgan fingerprint density at radius 2 is 1.96 bits per heavy atom. The molecule has 0 saturated heterocycles. The Labute approximate surface area is 155 Å². The van der Waals surface area contributed by atoms with Crippen molar-refractivity contribution in [3.05, 3.63) is 60.8 Å². The van der Waals surface area contributed by atoms with Gasteiger partial charge in [0.2, 0.25) is 0 Å². The Kier molecular flexibility index (Phi) is 5.90. The van der Waals surface area contributed by atoms with Crippen LogP contribution in [0.25, 0.3) is 0 Å². The van der Waals surface area contributed by atoms with E-state index >= 15 is 0 Å². The number of amides is 1. The van der Waals surface area contributed by atoms with Crippen LogP contribution in [0, 0.1) is 5.92 Å². The van der Waals surface area contributed by atoms with Crippen molar-refractivity contribution in [1.29, 1.82) is 0 Å². The summed E-state index contributed by atoms with van der Waals surface area (Å²) in [5.41, 5.74) is -0.335. The number of carbonyl (C=O) groups is 2. The summed E-state index contributed by atoms with van der Waals surface area (Å²) in [7, 11) is 1.40. The molecular weight excluding hydrogens is 330 g/mol. The molecule has 140 valence electrons. The second kappa shape index (κ2) is 7.77. The Balaban J connectivity index is 2.18. The van der Waals surface area contributed by atoms with Crippen LogP contribution in [-0.4, -0.2) is 36.2 Å². The van der Waals surface area contributed by atoms with E-state index in [1.54, 1.807) is 12.3 Å². The predicted molar refractivity (Wildman–Crippen MR) is 101 cm³/mol. The van der Waals surface area contributed by atoms with E-state index in [-0.39, 0.29) is 11.9 Å². The van der Waals surface area contributed by atoms with Gasteiger partial charge in [0.15, 0.2) is 0 Å². The molecule has 1 saturated carbocycles. The predicted octanol–water partition coefficient (Wildman–Crippen LogP) is 4.05. The van der Waals surface area contributed by atoms with Gasteiger partial charge in [-0.3, -0.25) is 9.69 Å². The third kappa shape index (κ3) is 4.34. The van der Waals surface area contributed by atoms with Crippen molar-refractivity contribution in [1.82, 2.24) is 4.90 Å². The molecule has 5 heteroatoms. The molecule has 2 rings (SSSR count). The summed E-state index contributed by atoms with van der Waals surface area (Å²) in [5, 5.41) is 0. The number of carbonyl (C=O) groups excluding carboxylic acids is 2. The third-order valence-corrected chi connectivity index (χ3v) is 4.31. The number of hydrogen-bond donors (Lipinski definition) is 0. The van der Waals surface area contributed by atoms with Crippen LogP contribution in [0.3, 0.4) is 0 Å². The highest BCUT2D eigenvalue weighted by molar-refractivity contribution is 5.88. The molecule has 0 aromatic heterocycles. The molecule has 1 aliphatic rings. The molecule has 26 heavy (non-hydrogen) atoms. The fourth-order valence-electron chi connectivity index (χ4n) is 2.99. The molecule has 1 aromatic carbocycles. The average Bonchev–Trinajstić information content (AvgIpc) is 3.32. The van der Waals surface area contributed by atoms with E-state index in [2.05, 4.69) is 6.58 Å². The van der Waals surface area contributed by atoms with Crippen LogP contribution in [-0.2, 0) is 19.7 Å². The highest BCUT2D eigenvalue weighted by Crippen LogP contribution is 2.56. The summed E-state index contributed by atoms with van der Waals surface area (Å²) in [6.07, 6.45) is 5.38. The van der Waals surface area contributed by atoms with Crippen LogP contribution in [0.2, 0.25) is 0 Å². The van der Waals surface area contributed by atoms with E-state index in [0.717, 1.165) is 5.56 Å². The fraction of sp³-hybridized carbons (Fsp3) is 0.429. The normalized spacial score (nSPS) is 21.9. The van der Waals surface area contributed by atoms with Gasteiger partial charge in [-0.05, 0) is 32.8 Å². The quantitative estimate of drug-likeness (QED) is 0.569. The average molecular weight is 357 g/mol. The minimum Gasteiger partial charge on any atom is -0.468 e. The lowest BCUT2D eigenvalue weighted by Gasteiger charge is -2.24. The number of benzene rings is 1. The van der Waals surface area contributed by atoms with Crippen molar-refractivity contribution < 1.29 is 19.1 Å². The topological polar surface area (TPSA) is 55.8 Å². The molecule has 0 spiro atoms. The van der Waals surface area contributed by atoms with Gasteiger partial charge in [-0.1, -0.05) is 42.5 Å². The van der Waals surface area contributed by atoms with Gasteiger partial charge in [0.1, 0.15) is 5.60 Å². The summed E-state index contributed by atoms with van der Waals surface area (Å²) in [5.74, 6) is -0.294. The fourth-order valence-corrected chi connectivity index (χ4v) is 2.99. The summed E-state index contributed by atoms with van der Waals surface area (Å²) in [6, 6.07) is 9.59. The van der Waals surface area contributed by atoms with Crippen LogP contribution in [0.1, 0.15) is 32.8 Å². The van der Waals surface area contributed by atoms with Crippen LogP contribution >= 0.6 is 0 Å². The highest BCUT2D eigenvalue weighted by atomic mass is 16.6. The van der Waals surface area contributed by atoms with E-state index < -0.39 is 17.1 Å². The molecule has 1 fully saturated rings. The monoisotopic (exact) mass is 357 g/mol. The number of methoxy groups -OCH3 is 1. The van der Waals surface area contributed by atoms with Gasteiger partial charge in [0.25, 0.3) is 0 Å². The van der Waals surface area contributed by atoms with E-state index in [1.807, 2.05) is 57.2 Å². The zero-order valence-corrected chi connectivity index (χ0v) is 15.9. The molecule has 1 amide bonds. The van der Waals surface area contributed by atoms with E-state index in [9.17, 15) is 9.59 Å². The minimum atomic E-state index is -0.680. The van der Waals surface area contributed by atoms with Crippen molar-refractivity contribution in [2.45, 2.75) is 38.2 Å². The van der Waals surface area contributed by atoms with Gasteiger partial charge in [0, 0.05) is 18.7 Å². The molecule has 0 N–H and O–H groups in total. The molecule has 0 heterocycles. The highest BCUT2D eigenvalue weighted by Gasteiger charge is 2.61. The van der Waals surface area contributed by atoms with Crippen LogP contribution < -0.4 is 0 Å². The van der Waals surface area contributed by atoms with Crippen LogP contribution in [0.15, 0.2) is 55.3 Å². The Hall–Kier alpha value is -2.56. The van der Waals surface area contributed by atoms with Gasteiger partial charge >= 0.3 is 12.1 Å². The van der Waals surface area contributed by atoms with Crippen molar-refractivity contribution in [3.8, 4) is 0 Å². The Morgan fingerprint density at radius 1 is 1.31 bits per heavy atom. The first kappa shape index (κ1) is 19.8. The summed E-state index contributed by atoms with van der Waals surface area (Å²) in [4.78, 5) is 26.2. The van der Waals surface area contributed by atoms with Crippen molar-refractivity contribution >= 4 is 12.1 Å². The van der Waals surface area contributed by atoms with Crippen molar-refractivity contribution in [3.63, 3.8) is 0 Å². The van der Waals surface area contributed by atoms with Crippen molar-refractivity contribution in [2.24, 2.45) is 5.92 Å². The second-order valence-electron chi connectivity index (χ2n) is 7.40. The molecule has 5 nitrogen and oxygen atoms in total. The summed E-state index contributed by atoms with van der Waals surface area (Å²) >= 11 is 0. The molecule has 1 aliphatic carbocycles. The molecule has 0 bridgehead atoms. The lowest BCUT2D eigenvalue weighted by Crippen LogP contribution is -2.33. The van der Waals surface area contributed by atoms with Gasteiger partial charge in [-0.2, -0.15) is 0 Å². The Morgan fingerprint density at radius 3 is 2.50 bits per heavy atom. The first-order valence-corrected chi connectivity index (χ1v) is 8.67. The molecule has 0 radical (unpaired) electrons. The van der Waals surface area contributed by atoms with E-state index in [4.69, 9.17) is 9.47 Å². The number of nitrogens with zero attached hydrogens (tertiary/aromatic N) is 1. The van der Waals surface area contributed by atoms with Gasteiger partial charge < -0.3 is 9.47 Å². The zero-order valence-electron chi connectivity index (χ0n) is 15.9. The minimum absolute atomic E-state index is 0.0351. The van der Waals surface area contributed by atoms with Gasteiger partial charge in [-0.15, -0.1) is 6.58 Å². The summed E-state index contributed by atoms with van der Waals surface area (Å²) in [6.45, 7) is 9.47. The maximum absolute atomic E-state index is 12.4. The molecule has 2 atom stereocenters. The standard InChI is InChI=1S/C21H27NO4/c1-6-13-22(19(24)26-20(2,3)4)14-12-17-15-21(17,18(23)25-5)16-10-8-7-9-11-16/h6-12,14,17H,1,13,15H2,2-5H3/b14-12+/t17-,21+/m0/s1. The lowest BCUT2D eigenvalue weighted by atomic mass is 9.93. The number of hydrogen-bond acceptors (Lipinski definition) is 4. The van der Waals surface area contributed by atoms with Crippen LogP contribution in [0.5, 0.6) is 0 Å². The van der Waals surface area contributed by atoms with E-state index in [0.29, 0.717) is 13.0 Å². The van der Waals surface area contributed by atoms with Crippen molar-refractivity contribution in [2.75, 3.05) is 13.7 Å². The van der Waals surface area contributed by atoms with Gasteiger partial charge in [0.05, 0.1) is 12.5 Å². The summed E-state index contributed by atoms with van der Waals surface area (Å²) < 4.78 is 10.4. The molecular formula is C21H27NO4.